The summed E-state index contributed by atoms with van der Waals surface area (Å²) in [5.41, 5.74) is 5.42. The Morgan fingerprint density at radius 2 is 2.00 bits per heavy atom. The minimum atomic E-state index is -1.03. The highest BCUT2D eigenvalue weighted by Crippen LogP contribution is 2.35. The van der Waals surface area contributed by atoms with Crippen LogP contribution in [0, 0.1) is 12.8 Å². The number of pyridine rings is 1. The van der Waals surface area contributed by atoms with Gasteiger partial charge in [-0.2, -0.15) is 0 Å². The van der Waals surface area contributed by atoms with Crippen LogP contribution >= 0.6 is 0 Å². The fourth-order valence-corrected chi connectivity index (χ4v) is 3.09. The van der Waals surface area contributed by atoms with Crippen molar-refractivity contribution in [2.75, 3.05) is 6.54 Å². The number of carbonyl (C=O) groups excluding carboxylic acids is 2. The molecule has 1 fully saturated rings. The van der Waals surface area contributed by atoms with Crippen LogP contribution in [-0.4, -0.2) is 45.2 Å². The summed E-state index contributed by atoms with van der Waals surface area (Å²) in [4.78, 5) is 41.3. The number of hydrogen-bond acceptors (Lipinski definition) is 5. The lowest BCUT2D eigenvalue weighted by Crippen LogP contribution is -2.49. The summed E-state index contributed by atoms with van der Waals surface area (Å²) in [7, 11) is 0. The Hall–Kier alpha value is -2.84. The summed E-state index contributed by atoms with van der Waals surface area (Å²) in [6.07, 6.45) is 0.527. The lowest BCUT2D eigenvalue weighted by atomic mass is 9.86. The first-order valence-corrected chi connectivity index (χ1v) is 8.78. The molecule has 2 heterocycles. The third-order valence-electron chi connectivity index (χ3n) is 4.31. The zero-order chi connectivity index (χ0) is 20.2. The van der Waals surface area contributed by atoms with Gasteiger partial charge in [0, 0.05) is 24.4 Å². The number of carboxylic acid groups (broad SMARTS) is 1. The number of aromatic nitrogens is 1. The molecule has 0 saturated carbocycles. The topological polar surface area (TPSA) is 121 Å². The van der Waals surface area contributed by atoms with Crippen LogP contribution in [0.3, 0.4) is 0 Å². The van der Waals surface area contributed by atoms with E-state index < -0.39 is 29.7 Å². The van der Waals surface area contributed by atoms with Gasteiger partial charge < -0.3 is 14.7 Å². The van der Waals surface area contributed by atoms with Crippen LogP contribution in [0.5, 0.6) is 0 Å². The summed E-state index contributed by atoms with van der Waals surface area (Å²) in [5.74, 6) is -0.822. The molecule has 0 aromatic carbocycles. The van der Waals surface area contributed by atoms with Crippen molar-refractivity contribution in [3.63, 3.8) is 0 Å². The summed E-state index contributed by atoms with van der Waals surface area (Å²) < 4.78 is 5.07. The minimum absolute atomic E-state index is 0.221. The zero-order valence-corrected chi connectivity index (χ0v) is 16.0. The first-order chi connectivity index (χ1) is 12.6. The second kappa shape index (κ2) is 8.24. The standard InChI is InChI=1S/C18H26N4O5/c1-11-13(6-5-8-19-11)14-10-12(7-9-22(14)17(25)26)15(23)20-21-16(24)27-18(2,3)4/h5-6,8,12,14H,7,9-10H2,1-4H3,(H,20,23)(H,21,24)(H,25,26). The van der Waals surface area contributed by atoms with E-state index in [1.54, 1.807) is 33.0 Å². The van der Waals surface area contributed by atoms with Gasteiger partial charge in [0.1, 0.15) is 5.60 Å². The molecule has 1 saturated heterocycles. The van der Waals surface area contributed by atoms with Crippen LogP contribution in [0.2, 0.25) is 0 Å². The van der Waals surface area contributed by atoms with Crippen LogP contribution in [0.15, 0.2) is 18.3 Å². The smallest absolute Gasteiger partial charge is 0.426 e. The van der Waals surface area contributed by atoms with Gasteiger partial charge in [-0.25, -0.2) is 15.0 Å². The number of nitrogens with one attached hydrogen (secondary N) is 2. The summed E-state index contributed by atoms with van der Waals surface area (Å²) in [6, 6.07) is 3.10. The van der Waals surface area contributed by atoms with Crippen molar-refractivity contribution in [1.82, 2.24) is 20.7 Å². The average molecular weight is 378 g/mol. The van der Waals surface area contributed by atoms with E-state index in [9.17, 15) is 19.5 Å². The molecule has 1 aromatic heterocycles. The number of hydrogen-bond donors (Lipinski definition) is 3. The van der Waals surface area contributed by atoms with E-state index in [0.717, 1.165) is 11.3 Å². The van der Waals surface area contributed by atoms with Crippen LogP contribution < -0.4 is 10.9 Å². The molecule has 1 aliphatic heterocycles. The minimum Gasteiger partial charge on any atom is -0.465 e. The molecule has 1 aromatic rings. The van der Waals surface area contributed by atoms with Crippen LogP contribution in [0.25, 0.3) is 0 Å². The van der Waals surface area contributed by atoms with Crippen LogP contribution in [0.1, 0.15) is 50.9 Å². The second-order valence-corrected chi connectivity index (χ2v) is 7.51. The Morgan fingerprint density at radius 1 is 1.30 bits per heavy atom. The van der Waals surface area contributed by atoms with Gasteiger partial charge in [0.25, 0.3) is 0 Å². The molecular weight excluding hydrogens is 352 g/mol. The normalized spacial score (nSPS) is 19.9. The largest absolute Gasteiger partial charge is 0.465 e. The fourth-order valence-electron chi connectivity index (χ4n) is 3.09. The molecule has 2 rings (SSSR count). The van der Waals surface area contributed by atoms with Gasteiger partial charge >= 0.3 is 12.2 Å². The number of nitrogens with zero attached hydrogens (tertiary/aromatic N) is 2. The molecule has 0 aliphatic carbocycles. The van der Waals surface area contributed by atoms with Crippen molar-refractivity contribution < 1.29 is 24.2 Å². The molecular formula is C18H26N4O5. The van der Waals surface area contributed by atoms with Gasteiger partial charge in [-0.15, -0.1) is 0 Å². The Morgan fingerprint density at radius 3 is 2.59 bits per heavy atom. The number of amides is 3. The Labute approximate surface area is 158 Å². The maximum absolute atomic E-state index is 12.4. The molecule has 0 bridgehead atoms. The van der Waals surface area contributed by atoms with Gasteiger partial charge in [-0.3, -0.25) is 15.2 Å². The SMILES string of the molecule is Cc1ncccc1C1CC(C(=O)NNC(=O)OC(C)(C)C)CCN1C(=O)O. The van der Waals surface area contributed by atoms with Gasteiger partial charge in [-0.05, 0) is 52.2 Å². The predicted molar refractivity (Wildman–Crippen MR) is 96.7 cm³/mol. The van der Waals surface area contributed by atoms with Crippen molar-refractivity contribution in [1.29, 1.82) is 0 Å². The average Bonchev–Trinajstić information content (AvgIpc) is 2.58. The summed E-state index contributed by atoms with van der Waals surface area (Å²) in [6.45, 7) is 7.19. The fraction of sp³-hybridized carbons (Fsp3) is 0.556. The molecule has 3 N–H and O–H groups in total. The van der Waals surface area contributed by atoms with Gasteiger partial charge in [-0.1, -0.05) is 6.07 Å². The number of ether oxygens (including phenoxy) is 1. The lowest BCUT2D eigenvalue weighted by molar-refractivity contribution is -0.128. The van der Waals surface area contributed by atoms with E-state index in [4.69, 9.17) is 4.74 Å². The molecule has 0 spiro atoms. The van der Waals surface area contributed by atoms with Gasteiger partial charge in [0.2, 0.25) is 5.91 Å². The van der Waals surface area contributed by atoms with E-state index in [0.29, 0.717) is 12.8 Å². The molecule has 2 atom stereocenters. The van der Waals surface area contributed by atoms with Gasteiger partial charge in [0.05, 0.1) is 6.04 Å². The number of rotatable bonds is 2. The Kier molecular flexibility index (Phi) is 6.24. The molecule has 27 heavy (non-hydrogen) atoms. The van der Waals surface area contributed by atoms with E-state index in [-0.39, 0.29) is 12.5 Å². The second-order valence-electron chi connectivity index (χ2n) is 7.51. The van der Waals surface area contributed by atoms with Crippen molar-refractivity contribution >= 4 is 18.1 Å². The third kappa shape index (κ3) is 5.57. The maximum atomic E-state index is 12.4. The molecule has 9 nitrogen and oxygen atoms in total. The first kappa shape index (κ1) is 20.5. The Balaban J connectivity index is 2.05. The van der Waals surface area contributed by atoms with Crippen LogP contribution in [-0.2, 0) is 9.53 Å². The van der Waals surface area contributed by atoms with E-state index in [2.05, 4.69) is 15.8 Å². The number of aryl methyl sites for hydroxylation is 1. The highest BCUT2D eigenvalue weighted by molar-refractivity contribution is 5.81. The highest BCUT2D eigenvalue weighted by Gasteiger charge is 2.36. The van der Waals surface area contributed by atoms with Crippen molar-refractivity contribution in [3.05, 3.63) is 29.6 Å². The zero-order valence-electron chi connectivity index (χ0n) is 16.0. The molecule has 0 radical (unpaired) electrons. The number of likely N-dealkylation sites (tertiary alicyclic amines) is 1. The quantitative estimate of drug-likeness (QED) is 0.680. The van der Waals surface area contributed by atoms with Gasteiger partial charge in [0.15, 0.2) is 0 Å². The predicted octanol–water partition coefficient (Wildman–Crippen LogP) is 2.38. The highest BCUT2D eigenvalue weighted by atomic mass is 16.6. The first-order valence-electron chi connectivity index (χ1n) is 8.78. The molecule has 1 aliphatic rings. The molecule has 2 unspecified atom stereocenters. The molecule has 9 heteroatoms. The Bertz CT molecular complexity index is 716. The summed E-state index contributed by atoms with van der Waals surface area (Å²) >= 11 is 0. The third-order valence-corrected chi connectivity index (χ3v) is 4.31. The lowest BCUT2D eigenvalue weighted by Gasteiger charge is -2.37. The van der Waals surface area contributed by atoms with E-state index in [1.807, 2.05) is 13.0 Å². The van der Waals surface area contributed by atoms with Crippen LogP contribution in [0.4, 0.5) is 9.59 Å². The van der Waals surface area contributed by atoms with E-state index >= 15 is 0 Å². The van der Waals surface area contributed by atoms with Crippen molar-refractivity contribution in [2.24, 2.45) is 5.92 Å². The van der Waals surface area contributed by atoms with Crippen molar-refractivity contribution in [2.45, 2.75) is 52.2 Å². The molecule has 148 valence electrons. The summed E-state index contributed by atoms with van der Waals surface area (Å²) in [5, 5.41) is 9.50. The number of carbonyl (C=O) groups is 3. The maximum Gasteiger partial charge on any atom is 0.426 e. The number of piperidine rings is 1. The monoisotopic (exact) mass is 378 g/mol. The molecule has 3 amide bonds. The van der Waals surface area contributed by atoms with E-state index in [1.165, 1.54) is 4.90 Å². The van der Waals surface area contributed by atoms with Crippen molar-refractivity contribution in [3.8, 4) is 0 Å². The number of hydrazine groups is 1.